The first kappa shape index (κ1) is 13.1. The van der Waals surface area contributed by atoms with Crippen molar-refractivity contribution in [2.45, 2.75) is 27.2 Å². The summed E-state index contributed by atoms with van der Waals surface area (Å²) >= 11 is 0. The Kier molecular flexibility index (Phi) is 4.39. The molecule has 16 heavy (non-hydrogen) atoms. The largest absolute Gasteiger partial charge is 0.494 e. The van der Waals surface area contributed by atoms with Gasteiger partial charge in [0.15, 0.2) is 0 Å². The predicted molar refractivity (Wildman–Crippen MR) is 65.8 cm³/mol. The lowest BCUT2D eigenvalue weighted by Gasteiger charge is -2.19. The molecule has 0 unspecified atom stereocenters. The monoisotopic (exact) mass is 222 g/mol. The maximum absolute atomic E-state index is 9.14. The summed E-state index contributed by atoms with van der Waals surface area (Å²) in [5.74, 6) is 0.543. The van der Waals surface area contributed by atoms with Gasteiger partial charge in [0.25, 0.3) is 0 Å². The average molecular weight is 222 g/mol. The Morgan fingerprint density at radius 1 is 1.19 bits per heavy atom. The van der Waals surface area contributed by atoms with E-state index in [1.54, 1.807) is 18.2 Å². The van der Waals surface area contributed by atoms with Crippen molar-refractivity contribution in [2.75, 3.05) is 6.61 Å². The fourth-order valence-corrected chi connectivity index (χ4v) is 1.29. The van der Waals surface area contributed by atoms with Gasteiger partial charge in [-0.15, -0.1) is 0 Å². The zero-order valence-corrected chi connectivity index (χ0v) is 10.1. The third-order valence-corrected chi connectivity index (χ3v) is 2.31. The van der Waals surface area contributed by atoms with Gasteiger partial charge in [-0.25, -0.2) is 0 Å². The highest BCUT2D eigenvalue weighted by Gasteiger charge is 2.17. The van der Waals surface area contributed by atoms with E-state index < -0.39 is 7.12 Å². The minimum Gasteiger partial charge on any atom is -0.494 e. The van der Waals surface area contributed by atoms with Crippen molar-refractivity contribution in [3.63, 3.8) is 0 Å². The SMILES string of the molecule is CC(C)(C)CCOc1ccccc1B(O)O. The molecule has 0 aliphatic carbocycles. The Balaban J connectivity index is 2.60. The Morgan fingerprint density at radius 2 is 1.81 bits per heavy atom. The van der Waals surface area contributed by atoms with E-state index in [1.807, 2.05) is 6.07 Å². The average Bonchev–Trinajstić information content (AvgIpc) is 2.16. The van der Waals surface area contributed by atoms with Crippen molar-refractivity contribution in [2.24, 2.45) is 5.41 Å². The van der Waals surface area contributed by atoms with Gasteiger partial charge < -0.3 is 14.8 Å². The number of ether oxygens (including phenoxy) is 1. The normalized spacial score (nSPS) is 11.3. The molecule has 0 atom stereocenters. The Bertz CT molecular complexity index is 331. The molecule has 1 rings (SSSR count). The van der Waals surface area contributed by atoms with E-state index in [1.165, 1.54) is 0 Å². The van der Waals surface area contributed by atoms with Gasteiger partial charge in [0.05, 0.1) is 6.61 Å². The van der Waals surface area contributed by atoms with Crippen LogP contribution in [0, 0.1) is 5.41 Å². The first-order valence-corrected chi connectivity index (χ1v) is 5.48. The number of hydrogen-bond donors (Lipinski definition) is 2. The molecule has 3 nitrogen and oxygen atoms in total. The highest BCUT2D eigenvalue weighted by molar-refractivity contribution is 6.59. The van der Waals surface area contributed by atoms with Crippen LogP contribution in [0.15, 0.2) is 24.3 Å². The summed E-state index contributed by atoms with van der Waals surface area (Å²) in [6, 6.07) is 6.97. The minimum absolute atomic E-state index is 0.215. The van der Waals surface area contributed by atoms with Crippen LogP contribution >= 0.6 is 0 Å². The van der Waals surface area contributed by atoms with E-state index in [4.69, 9.17) is 14.8 Å². The zero-order valence-electron chi connectivity index (χ0n) is 10.1. The molecular weight excluding hydrogens is 203 g/mol. The number of rotatable bonds is 4. The number of para-hydroxylation sites is 1. The summed E-state index contributed by atoms with van der Waals surface area (Å²) in [4.78, 5) is 0. The Hall–Kier alpha value is -0.995. The standard InChI is InChI=1S/C12H19BO3/c1-12(2,3)8-9-16-11-7-5-4-6-10(11)13(14)15/h4-7,14-15H,8-9H2,1-3H3. The molecule has 0 fully saturated rings. The predicted octanol–water partition coefficient (Wildman–Crippen LogP) is 1.18. The van der Waals surface area contributed by atoms with Crippen LogP contribution in [0.25, 0.3) is 0 Å². The molecule has 0 aromatic heterocycles. The van der Waals surface area contributed by atoms with Gasteiger partial charge in [0.1, 0.15) is 5.75 Å². The van der Waals surface area contributed by atoms with Crippen LogP contribution in [-0.4, -0.2) is 23.8 Å². The van der Waals surface area contributed by atoms with Crippen LogP contribution in [0.3, 0.4) is 0 Å². The van der Waals surface area contributed by atoms with E-state index in [9.17, 15) is 0 Å². The number of benzene rings is 1. The van der Waals surface area contributed by atoms with Crippen LogP contribution in [0.1, 0.15) is 27.2 Å². The summed E-state index contributed by atoms with van der Waals surface area (Å²) in [6.45, 7) is 7.00. The van der Waals surface area contributed by atoms with Crippen LogP contribution in [0.4, 0.5) is 0 Å². The fourth-order valence-electron chi connectivity index (χ4n) is 1.29. The molecule has 0 heterocycles. The molecule has 0 amide bonds. The zero-order chi connectivity index (χ0) is 12.2. The Morgan fingerprint density at radius 3 is 2.38 bits per heavy atom. The molecule has 0 radical (unpaired) electrons. The molecule has 0 saturated heterocycles. The van der Waals surface area contributed by atoms with Crippen LogP contribution < -0.4 is 10.2 Å². The van der Waals surface area contributed by atoms with Gasteiger partial charge in [-0.3, -0.25) is 0 Å². The first-order valence-electron chi connectivity index (χ1n) is 5.48. The van der Waals surface area contributed by atoms with Crippen molar-refractivity contribution in [3.05, 3.63) is 24.3 Å². The molecule has 4 heteroatoms. The van der Waals surface area contributed by atoms with Gasteiger partial charge in [-0.05, 0) is 17.9 Å². The molecule has 0 aliphatic rings. The lowest BCUT2D eigenvalue weighted by atomic mass is 9.79. The summed E-state index contributed by atoms with van der Waals surface area (Å²) in [5.41, 5.74) is 0.628. The minimum atomic E-state index is -1.48. The van der Waals surface area contributed by atoms with Crippen LogP contribution in [0.5, 0.6) is 5.75 Å². The number of hydrogen-bond acceptors (Lipinski definition) is 3. The van der Waals surface area contributed by atoms with Gasteiger partial charge >= 0.3 is 7.12 Å². The summed E-state index contributed by atoms with van der Waals surface area (Å²) in [5, 5.41) is 18.3. The maximum Gasteiger partial charge on any atom is 0.492 e. The second-order valence-corrected chi connectivity index (χ2v) is 5.07. The molecule has 1 aromatic rings. The summed E-state index contributed by atoms with van der Waals surface area (Å²) in [7, 11) is -1.48. The Labute approximate surface area is 97.2 Å². The lowest BCUT2D eigenvalue weighted by molar-refractivity contribution is 0.244. The van der Waals surface area contributed by atoms with E-state index >= 15 is 0 Å². The highest BCUT2D eigenvalue weighted by atomic mass is 16.5. The first-order chi connectivity index (χ1) is 7.40. The lowest BCUT2D eigenvalue weighted by Crippen LogP contribution is -2.31. The van der Waals surface area contributed by atoms with Gasteiger partial charge in [0, 0.05) is 5.46 Å². The molecular formula is C12H19BO3. The second-order valence-electron chi connectivity index (χ2n) is 5.07. The van der Waals surface area contributed by atoms with E-state index in [-0.39, 0.29) is 5.41 Å². The molecule has 0 aliphatic heterocycles. The van der Waals surface area contributed by atoms with E-state index in [0.717, 1.165) is 6.42 Å². The van der Waals surface area contributed by atoms with Gasteiger partial charge in [0.2, 0.25) is 0 Å². The van der Waals surface area contributed by atoms with Crippen molar-refractivity contribution in [3.8, 4) is 5.75 Å². The van der Waals surface area contributed by atoms with Crippen LogP contribution in [-0.2, 0) is 0 Å². The van der Waals surface area contributed by atoms with Crippen molar-refractivity contribution < 1.29 is 14.8 Å². The fraction of sp³-hybridized carbons (Fsp3) is 0.500. The van der Waals surface area contributed by atoms with E-state index in [2.05, 4.69) is 20.8 Å². The topological polar surface area (TPSA) is 49.7 Å². The molecule has 88 valence electrons. The van der Waals surface area contributed by atoms with Crippen molar-refractivity contribution in [1.82, 2.24) is 0 Å². The third kappa shape index (κ3) is 4.25. The second kappa shape index (κ2) is 5.37. The van der Waals surface area contributed by atoms with Gasteiger partial charge in [-0.2, -0.15) is 0 Å². The van der Waals surface area contributed by atoms with Crippen LogP contribution in [0.2, 0.25) is 0 Å². The van der Waals surface area contributed by atoms with E-state index in [0.29, 0.717) is 17.8 Å². The molecule has 2 N–H and O–H groups in total. The quantitative estimate of drug-likeness (QED) is 0.752. The maximum atomic E-state index is 9.14. The van der Waals surface area contributed by atoms with Crippen molar-refractivity contribution >= 4 is 12.6 Å². The van der Waals surface area contributed by atoms with Crippen molar-refractivity contribution in [1.29, 1.82) is 0 Å². The third-order valence-electron chi connectivity index (χ3n) is 2.31. The molecule has 1 aromatic carbocycles. The summed E-state index contributed by atoms with van der Waals surface area (Å²) in [6.07, 6.45) is 0.920. The highest BCUT2D eigenvalue weighted by Crippen LogP contribution is 2.18. The smallest absolute Gasteiger partial charge is 0.492 e. The molecule has 0 saturated carbocycles. The summed E-state index contributed by atoms with van der Waals surface area (Å²) < 4.78 is 5.55. The molecule has 0 spiro atoms. The molecule has 0 bridgehead atoms. The van der Waals surface area contributed by atoms with Gasteiger partial charge in [-0.1, -0.05) is 39.0 Å².